The van der Waals surface area contributed by atoms with Gasteiger partial charge in [-0.3, -0.25) is 14.9 Å². The molecule has 8 heteroatoms. The van der Waals surface area contributed by atoms with Gasteiger partial charge in [0.1, 0.15) is 17.5 Å². The third-order valence-corrected chi connectivity index (χ3v) is 2.53. The number of benzene rings is 2. The molecule has 0 heterocycles. The summed E-state index contributed by atoms with van der Waals surface area (Å²) in [6, 6.07) is 4.66. The van der Waals surface area contributed by atoms with Gasteiger partial charge in [-0.2, -0.15) is 0 Å². The van der Waals surface area contributed by atoms with Crippen molar-refractivity contribution in [3.05, 3.63) is 69.5 Å². The third-order valence-electron chi connectivity index (χ3n) is 2.53. The summed E-state index contributed by atoms with van der Waals surface area (Å²) in [5, 5.41) is 12.7. The maximum atomic E-state index is 13.5. The van der Waals surface area contributed by atoms with Crippen molar-refractivity contribution in [2.75, 3.05) is 5.32 Å². The second kappa shape index (κ2) is 5.61. The van der Waals surface area contributed by atoms with Crippen LogP contribution in [0.25, 0.3) is 0 Å². The molecule has 2 rings (SSSR count). The van der Waals surface area contributed by atoms with Gasteiger partial charge in [0.05, 0.1) is 10.5 Å². The average molecular weight is 296 g/mol. The molecule has 0 spiro atoms. The molecule has 2 aromatic rings. The Kier molecular flexibility index (Phi) is 3.88. The summed E-state index contributed by atoms with van der Waals surface area (Å²) in [7, 11) is 0. The van der Waals surface area contributed by atoms with Crippen LogP contribution in [0.3, 0.4) is 0 Å². The van der Waals surface area contributed by atoms with Crippen LogP contribution in [0.1, 0.15) is 10.4 Å². The molecule has 0 aliphatic heterocycles. The van der Waals surface area contributed by atoms with Gasteiger partial charge in [-0.1, -0.05) is 0 Å². The van der Waals surface area contributed by atoms with E-state index in [1.165, 1.54) is 0 Å². The smallest absolute Gasteiger partial charge is 0.270 e. The van der Waals surface area contributed by atoms with Crippen molar-refractivity contribution in [3.63, 3.8) is 0 Å². The van der Waals surface area contributed by atoms with E-state index < -0.39 is 39.5 Å². The molecular weight excluding hydrogens is 289 g/mol. The second-order valence-corrected chi connectivity index (χ2v) is 4.03. The van der Waals surface area contributed by atoms with E-state index in [2.05, 4.69) is 5.32 Å². The van der Waals surface area contributed by atoms with Gasteiger partial charge < -0.3 is 5.32 Å². The van der Waals surface area contributed by atoms with E-state index in [4.69, 9.17) is 0 Å². The van der Waals surface area contributed by atoms with Gasteiger partial charge in [-0.05, 0) is 18.2 Å². The van der Waals surface area contributed by atoms with Gasteiger partial charge in [0, 0.05) is 23.9 Å². The quantitative estimate of drug-likeness (QED) is 0.698. The molecular formula is C13H7F3N2O3. The highest BCUT2D eigenvalue weighted by Gasteiger charge is 2.17. The van der Waals surface area contributed by atoms with E-state index >= 15 is 0 Å². The van der Waals surface area contributed by atoms with Crippen LogP contribution in [0.2, 0.25) is 0 Å². The summed E-state index contributed by atoms with van der Waals surface area (Å²) in [6.45, 7) is 0. The molecule has 5 nitrogen and oxygen atoms in total. The Balaban J connectivity index is 2.31. The van der Waals surface area contributed by atoms with E-state index in [-0.39, 0.29) is 5.69 Å². The summed E-state index contributed by atoms with van der Waals surface area (Å²) in [4.78, 5) is 21.6. The van der Waals surface area contributed by atoms with E-state index in [1.807, 2.05) is 0 Å². The Hall–Kier alpha value is -2.90. The average Bonchev–Trinajstić information content (AvgIpc) is 2.37. The number of nitrogens with zero attached hydrogens (tertiary/aromatic N) is 1. The van der Waals surface area contributed by atoms with Gasteiger partial charge in [-0.25, -0.2) is 13.2 Å². The van der Waals surface area contributed by atoms with Gasteiger partial charge in [0.25, 0.3) is 11.6 Å². The summed E-state index contributed by atoms with van der Waals surface area (Å²) in [6.07, 6.45) is 0. The number of carbonyl (C=O) groups excluding carboxylic acids is 1. The largest absolute Gasteiger partial charge is 0.322 e. The van der Waals surface area contributed by atoms with Crippen molar-refractivity contribution in [1.29, 1.82) is 0 Å². The number of amides is 1. The van der Waals surface area contributed by atoms with Crippen LogP contribution in [0.15, 0.2) is 36.4 Å². The highest BCUT2D eigenvalue weighted by Crippen LogP contribution is 2.19. The van der Waals surface area contributed by atoms with E-state index in [0.29, 0.717) is 6.07 Å². The van der Waals surface area contributed by atoms with Crippen LogP contribution in [0.4, 0.5) is 24.5 Å². The first-order chi connectivity index (χ1) is 9.86. The predicted octanol–water partition coefficient (Wildman–Crippen LogP) is 3.26. The number of rotatable bonds is 3. The summed E-state index contributed by atoms with van der Waals surface area (Å²) in [5.74, 6) is -3.90. The summed E-state index contributed by atoms with van der Waals surface area (Å²) >= 11 is 0. The predicted molar refractivity (Wildman–Crippen MR) is 67.4 cm³/mol. The molecule has 0 aromatic heterocycles. The Morgan fingerprint density at radius 3 is 2.24 bits per heavy atom. The van der Waals surface area contributed by atoms with Crippen LogP contribution in [0, 0.1) is 27.6 Å². The van der Waals surface area contributed by atoms with Crippen LogP contribution >= 0.6 is 0 Å². The number of non-ortho nitro benzene ring substituents is 1. The minimum atomic E-state index is -1.05. The first kappa shape index (κ1) is 14.5. The molecule has 0 radical (unpaired) electrons. The summed E-state index contributed by atoms with van der Waals surface area (Å²) < 4.78 is 39.5. The number of hydrogen-bond acceptors (Lipinski definition) is 3. The first-order valence-electron chi connectivity index (χ1n) is 5.58. The number of anilines is 1. The minimum absolute atomic E-state index is 0.233. The molecule has 0 saturated heterocycles. The van der Waals surface area contributed by atoms with Crippen LogP contribution in [-0.4, -0.2) is 10.8 Å². The maximum Gasteiger partial charge on any atom is 0.270 e. The highest BCUT2D eigenvalue weighted by molar-refractivity contribution is 6.04. The lowest BCUT2D eigenvalue weighted by molar-refractivity contribution is -0.384. The van der Waals surface area contributed by atoms with Crippen molar-refractivity contribution in [2.24, 2.45) is 0 Å². The Labute approximate surface area is 116 Å². The lowest BCUT2D eigenvalue weighted by Gasteiger charge is -2.06. The Bertz CT molecular complexity index is 714. The van der Waals surface area contributed by atoms with Crippen LogP contribution in [-0.2, 0) is 0 Å². The SMILES string of the molecule is O=C(Nc1cc(F)cc(F)c1)c1cc([N+](=O)[O-])ccc1F. The van der Waals surface area contributed by atoms with Gasteiger partial charge in [0.15, 0.2) is 0 Å². The van der Waals surface area contributed by atoms with Crippen molar-refractivity contribution in [2.45, 2.75) is 0 Å². The summed E-state index contributed by atoms with van der Waals surface area (Å²) in [5.41, 5.74) is -1.32. The molecule has 0 fully saturated rings. The molecule has 1 amide bonds. The molecule has 0 atom stereocenters. The van der Waals surface area contributed by atoms with Crippen LogP contribution in [0.5, 0.6) is 0 Å². The van der Waals surface area contributed by atoms with Gasteiger partial charge >= 0.3 is 0 Å². The zero-order valence-corrected chi connectivity index (χ0v) is 10.3. The standard InChI is InChI=1S/C13H7F3N2O3/c14-7-3-8(15)5-9(4-7)17-13(19)11-6-10(18(20)21)1-2-12(11)16/h1-6H,(H,17,19). The lowest BCUT2D eigenvalue weighted by Crippen LogP contribution is -2.14. The third kappa shape index (κ3) is 3.35. The van der Waals surface area contributed by atoms with Gasteiger partial charge in [0.2, 0.25) is 0 Å². The number of carbonyl (C=O) groups is 1. The van der Waals surface area contributed by atoms with Crippen molar-refractivity contribution < 1.29 is 22.9 Å². The van der Waals surface area contributed by atoms with Crippen molar-refractivity contribution >= 4 is 17.3 Å². The highest BCUT2D eigenvalue weighted by atomic mass is 19.1. The molecule has 108 valence electrons. The first-order valence-corrected chi connectivity index (χ1v) is 5.58. The van der Waals surface area contributed by atoms with E-state index in [1.54, 1.807) is 0 Å². The molecule has 21 heavy (non-hydrogen) atoms. The fraction of sp³-hybridized carbons (Fsp3) is 0. The molecule has 2 aromatic carbocycles. The molecule has 0 saturated carbocycles. The second-order valence-electron chi connectivity index (χ2n) is 4.03. The van der Waals surface area contributed by atoms with E-state index in [0.717, 1.165) is 30.3 Å². The zero-order valence-electron chi connectivity index (χ0n) is 10.3. The normalized spacial score (nSPS) is 10.2. The fourth-order valence-electron chi connectivity index (χ4n) is 1.63. The zero-order chi connectivity index (χ0) is 15.6. The molecule has 0 unspecified atom stereocenters. The lowest BCUT2D eigenvalue weighted by atomic mass is 10.1. The number of nitro groups is 1. The molecule has 0 aliphatic rings. The molecule has 1 N–H and O–H groups in total. The number of halogens is 3. The minimum Gasteiger partial charge on any atom is -0.322 e. The molecule has 0 aliphatic carbocycles. The Morgan fingerprint density at radius 1 is 1.05 bits per heavy atom. The van der Waals surface area contributed by atoms with Crippen LogP contribution < -0.4 is 5.32 Å². The topological polar surface area (TPSA) is 72.2 Å². The number of hydrogen-bond donors (Lipinski definition) is 1. The Morgan fingerprint density at radius 2 is 1.67 bits per heavy atom. The number of nitrogens with one attached hydrogen (secondary N) is 1. The van der Waals surface area contributed by atoms with Crippen molar-refractivity contribution in [1.82, 2.24) is 0 Å². The van der Waals surface area contributed by atoms with Crippen molar-refractivity contribution in [3.8, 4) is 0 Å². The van der Waals surface area contributed by atoms with E-state index in [9.17, 15) is 28.1 Å². The van der Waals surface area contributed by atoms with Gasteiger partial charge in [-0.15, -0.1) is 0 Å². The number of nitro benzene ring substituents is 1. The maximum absolute atomic E-state index is 13.5. The molecule has 0 bridgehead atoms. The fourth-order valence-corrected chi connectivity index (χ4v) is 1.63. The monoisotopic (exact) mass is 296 g/mol.